The summed E-state index contributed by atoms with van der Waals surface area (Å²) in [5.74, 6) is 0. The van der Waals surface area contributed by atoms with E-state index in [1.807, 2.05) is 0 Å². The monoisotopic (exact) mass is 250 g/mol. The van der Waals surface area contributed by atoms with E-state index in [4.69, 9.17) is 0 Å². The molecule has 2 nitrogen and oxygen atoms in total. The lowest BCUT2D eigenvalue weighted by Crippen LogP contribution is -2.50. The Hall–Kier alpha value is -0.0800. The first kappa shape index (κ1) is 12.9. The van der Waals surface area contributed by atoms with Gasteiger partial charge in [-0.05, 0) is 50.5 Å². The molecule has 3 aliphatic rings. The molecule has 2 unspecified atom stereocenters. The topological polar surface area (TPSA) is 15.3 Å². The molecule has 0 radical (unpaired) electrons. The molecule has 0 aromatic heterocycles. The van der Waals surface area contributed by atoms with Crippen molar-refractivity contribution in [2.45, 2.75) is 83.3 Å². The smallest absolute Gasteiger partial charge is 0.0195 e. The molecule has 1 saturated heterocycles. The van der Waals surface area contributed by atoms with Crippen molar-refractivity contribution >= 4 is 0 Å². The van der Waals surface area contributed by atoms with E-state index in [-0.39, 0.29) is 0 Å². The van der Waals surface area contributed by atoms with Gasteiger partial charge in [0.2, 0.25) is 0 Å². The van der Waals surface area contributed by atoms with Crippen molar-refractivity contribution in [3.63, 3.8) is 0 Å². The van der Waals surface area contributed by atoms with Crippen LogP contribution in [0.2, 0.25) is 0 Å². The summed E-state index contributed by atoms with van der Waals surface area (Å²) in [6, 6.07) is 2.56. The lowest BCUT2D eigenvalue weighted by atomic mass is 9.86. The first-order chi connectivity index (χ1) is 8.67. The zero-order valence-corrected chi connectivity index (χ0v) is 12.3. The third-order valence-corrected chi connectivity index (χ3v) is 5.46. The number of nitrogens with zero attached hydrogens (tertiary/aromatic N) is 1. The fraction of sp³-hybridized carbons (Fsp3) is 1.00. The maximum absolute atomic E-state index is 3.74. The third-order valence-electron chi connectivity index (χ3n) is 5.46. The molecular weight excluding hydrogens is 220 g/mol. The molecule has 0 amide bonds. The highest BCUT2D eigenvalue weighted by Gasteiger charge is 2.44. The number of nitrogens with one attached hydrogen (secondary N) is 1. The Kier molecular flexibility index (Phi) is 3.68. The number of hydrogen-bond acceptors (Lipinski definition) is 2. The lowest BCUT2D eigenvalue weighted by Gasteiger charge is -2.40. The van der Waals surface area contributed by atoms with E-state index in [1.165, 1.54) is 64.5 Å². The third kappa shape index (κ3) is 2.75. The Balaban J connectivity index is 1.64. The molecule has 18 heavy (non-hydrogen) atoms. The second-order valence-electron chi connectivity index (χ2n) is 7.47. The fourth-order valence-corrected chi connectivity index (χ4v) is 4.19. The second-order valence-corrected chi connectivity index (χ2v) is 7.47. The molecule has 2 saturated carbocycles. The van der Waals surface area contributed by atoms with Gasteiger partial charge in [0.25, 0.3) is 0 Å². The molecule has 1 heterocycles. The molecule has 2 atom stereocenters. The Labute approximate surface area is 113 Å². The minimum Gasteiger partial charge on any atom is -0.313 e. The van der Waals surface area contributed by atoms with Gasteiger partial charge in [-0.3, -0.25) is 4.90 Å². The minimum atomic E-state index is 0.553. The zero-order valence-electron chi connectivity index (χ0n) is 12.3. The molecule has 1 aliphatic heterocycles. The summed E-state index contributed by atoms with van der Waals surface area (Å²) in [4.78, 5) is 2.90. The van der Waals surface area contributed by atoms with Crippen LogP contribution >= 0.6 is 0 Å². The molecule has 1 N–H and O–H groups in total. The summed E-state index contributed by atoms with van der Waals surface area (Å²) < 4.78 is 0. The van der Waals surface area contributed by atoms with E-state index < -0.39 is 0 Å². The van der Waals surface area contributed by atoms with E-state index >= 15 is 0 Å². The van der Waals surface area contributed by atoms with Crippen molar-refractivity contribution in [1.29, 1.82) is 0 Å². The first-order valence-electron chi connectivity index (χ1n) is 8.16. The maximum Gasteiger partial charge on any atom is 0.0195 e. The molecular formula is C16H30N2. The van der Waals surface area contributed by atoms with Crippen molar-refractivity contribution in [3.8, 4) is 0 Å². The summed E-state index contributed by atoms with van der Waals surface area (Å²) in [7, 11) is 0. The molecule has 0 bridgehead atoms. The minimum absolute atomic E-state index is 0.553. The Morgan fingerprint density at radius 3 is 2.44 bits per heavy atom. The maximum atomic E-state index is 3.74. The number of piperidine rings is 1. The summed E-state index contributed by atoms with van der Waals surface area (Å²) in [6.45, 7) is 7.55. The molecule has 3 rings (SSSR count). The summed E-state index contributed by atoms with van der Waals surface area (Å²) >= 11 is 0. The molecule has 0 aromatic rings. The van der Waals surface area contributed by atoms with Gasteiger partial charge < -0.3 is 5.32 Å². The lowest BCUT2D eigenvalue weighted by molar-refractivity contribution is 0.0892. The van der Waals surface area contributed by atoms with Gasteiger partial charge in [-0.2, -0.15) is 0 Å². The van der Waals surface area contributed by atoms with Crippen molar-refractivity contribution in [2.75, 3.05) is 13.1 Å². The second kappa shape index (κ2) is 5.13. The molecule has 2 heteroatoms. The zero-order chi connectivity index (χ0) is 12.6. The molecule has 2 aliphatic carbocycles. The van der Waals surface area contributed by atoms with Gasteiger partial charge >= 0.3 is 0 Å². The van der Waals surface area contributed by atoms with Crippen molar-refractivity contribution < 1.29 is 0 Å². The predicted octanol–water partition coefficient (Wildman–Crippen LogP) is 3.17. The van der Waals surface area contributed by atoms with Crippen LogP contribution < -0.4 is 5.32 Å². The van der Waals surface area contributed by atoms with Gasteiger partial charge in [0.1, 0.15) is 0 Å². The standard InChI is InChI=1S/C16H30N2/c1-16(2)10-5-7-15(16)18(14-8-9-14)12-13-6-3-4-11-17-13/h13-15,17H,3-12H2,1-2H3. The Bertz CT molecular complexity index is 277. The van der Waals surface area contributed by atoms with Gasteiger partial charge in [-0.15, -0.1) is 0 Å². The van der Waals surface area contributed by atoms with E-state index in [0.717, 1.165) is 18.1 Å². The molecule has 0 aromatic carbocycles. The van der Waals surface area contributed by atoms with Crippen LogP contribution in [-0.2, 0) is 0 Å². The van der Waals surface area contributed by atoms with Crippen LogP contribution in [0.15, 0.2) is 0 Å². The van der Waals surface area contributed by atoms with Crippen LogP contribution in [-0.4, -0.2) is 36.1 Å². The van der Waals surface area contributed by atoms with Gasteiger partial charge in [-0.25, -0.2) is 0 Å². The Morgan fingerprint density at radius 2 is 1.89 bits per heavy atom. The highest BCUT2D eigenvalue weighted by molar-refractivity contribution is 4.99. The molecule has 0 spiro atoms. The van der Waals surface area contributed by atoms with Crippen molar-refractivity contribution in [1.82, 2.24) is 10.2 Å². The largest absolute Gasteiger partial charge is 0.313 e. The summed E-state index contributed by atoms with van der Waals surface area (Å²) in [5, 5.41) is 3.74. The molecule has 104 valence electrons. The van der Waals surface area contributed by atoms with Crippen LogP contribution in [0.5, 0.6) is 0 Å². The Morgan fingerprint density at radius 1 is 1.06 bits per heavy atom. The van der Waals surface area contributed by atoms with E-state index in [1.54, 1.807) is 0 Å². The fourth-order valence-electron chi connectivity index (χ4n) is 4.19. The van der Waals surface area contributed by atoms with Gasteiger partial charge in [0.15, 0.2) is 0 Å². The predicted molar refractivity (Wildman–Crippen MR) is 76.8 cm³/mol. The van der Waals surface area contributed by atoms with E-state index in [0.29, 0.717) is 5.41 Å². The van der Waals surface area contributed by atoms with E-state index in [9.17, 15) is 0 Å². The summed E-state index contributed by atoms with van der Waals surface area (Å²) in [6.07, 6.45) is 11.4. The molecule has 3 fully saturated rings. The average molecular weight is 250 g/mol. The average Bonchev–Trinajstić information content (AvgIpc) is 3.12. The highest BCUT2D eigenvalue weighted by Crippen LogP contribution is 2.44. The number of hydrogen-bond donors (Lipinski definition) is 1. The summed E-state index contributed by atoms with van der Waals surface area (Å²) in [5.41, 5.74) is 0.553. The highest BCUT2D eigenvalue weighted by atomic mass is 15.2. The van der Waals surface area contributed by atoms with Gasteiger partial charge in [0.05, 0.1) is 0 Å². The quantitative estimate of drug-likeness (QED) is 0.824. The number of rotatable bonds is 4. The SMILES string of the molecule is CC1(C)CCCC1N(CC1CCCCN1)C1CC1. The van der Waals surface area contributed by atoms with E-state index in [2.05, 4.69) is 24.1 Å². The van der Waals surface area contributed by atoms with Crippen LogP contribution in [0.25, 0.3) is 0 Å². The van der Waals surface area contributed by atoms with Crippen molar-refractivity contribution in [2.24, 2.45) is 5.41 Å². The van der Waals surface area contributed by atoms with Crippen LogP contribution in [0, 0.1) is 5.41 Å². The first-order valence-corrected chi connectivity index (χ1v) is 8.16. The van der Waals surface area contributed by atoms with Gasteiger partial charge in [-0.1, -0.05) is 26.7 Å². The van der Waals surface area contributed by atoms with Crippen LogP contribution in [0.3, 0.4) is 0 Å². The van der Waals surface area contributed by atoms with Gasteiger partial charge in [0, 0.05) is 24.7 Å². The van der Waals surface area contributed by atoms with Crippen LogP contribution in [0.4, 0.5) is 0 Å². The van der Waals surface area contributed by atoms with Crippen LogP contribution in [0.1, 0.15) is 65.2 Å². The normalized spacial score (nSPS) is 36.2. The van der Waals surface area contributed by atoms with Crippen molar-refractivity contribution in [3.05, 3.63) is 0 Å².